The molecule has 2 atom stereocenters. The summed E-state index contributed by atoms with van der Waals surface area (Å²) >= 11 is 0. The molecule has 122 valence electrons. The number of benzene rings is 1. The van der Waals surface area contributed by atoms with Crippen LogP contribution >= 0.6 is 0 Å². The third-order valence-corrected chi connectivity index (χ3v) is 3.49. The van der Waals surface area contributed by atoms with Gasteiger partial charge in [0.2, 0.25) is 0 Å². The molecule has 0 heterocycles. The number of para-hydroxylation sites is 1. The van der Waals surface area contributed by atoms with Gasteiger partial charge in [-0.15, -0.1) is 5.73 Å². The summed E-state index contributed by atoms with van der Waals surface area (Å²) in [6.45, 7) is 4.31. The lowest BCUT2D eigenvalue weighted by Gasteiger charge is -2.15. The average Bonchev–Trinajstić information content (AvgIpc) is 2.47. The molecule has 3 N–H and O–H groups in total. The molecule has 0 saturated heterocycles. The maximum atomic E-state index is 10.1. The van der Waals surface area contributed by atoms with E-state index in [2.05, 4.69) is 5.73 Å². The number of hydrogen-bond donors (Lipinski definition) is 3. The summed E-state index contributed by atoms with van der Waals surface area (Å²) in [5, 5.41) is 29.7. The van der Waals surface area contributed by atoms with Gasteiger partial charge in [0, 0.05) is 25.5 Å². The quantitative estimate of drug-likeness (QED) is 0.646. The Balaban J connectivity index is 2.74. The predicted octanol–water partition coefficient (Wildman–Crippen LogP) is 2.95. The van der Waals surface area contributed by atoms with E-state index in [-0.39, 0.29) is 11.7 Å². The number of aromatic hydroxyl groups is 1. The standard InChI is InChI=1S/C18H26O4/c1-13(2)18(21)11-14(12-22-3)7-6-10-17(20)15-8-4-5-9-16(15)19/h4-6,8-9,13,17-21H,10-12H2,1-3H3/t7?,17-,18-/m1/s1. The molecule has 0 aromatic heterocycles. The Morgan fingerprint density at radius 1 is 1.27 bits per heavy atom. The molecule has 0 aliphatic rings. The monoisotopic (exact) mass is 306 g/mol. The zero-order valence-corrected chi connectivity index (χ0v) is 13.5. The second-order valence-corrected chi connectivity index (χ2v) is 5.71. The predicted molar refractivity (Wildman–Crippen MR) is 86.6 cm³/mol. The molecule has 1 rings (SSSR count). The smallest absolute Gasteiger partial charge is 0.121 e. The zero-order chi connectivity index (χ0) is 16.5. The Labute approximate surface area is 132 Å². The molecular formula is C18H26O4. The summed E-state index contributed by atoms with van der Waals surface area (Å²) < 4.78 is 5.11. The molecule has 0 radical (unpaired) electrons. The van der Waals surface area contributed by atoms with Crippen molar-refractivity contribution in [2.24, 2.45) is 5.92 Å². The first kappa shape index (κ1) is 18.5. The molecule has 1 aromatic rings. The number of phenols is 1. The van der Waals surface area contributed by atoms with E-state index >= 15 is 0 Å². The van der Waals surface area contributed by atoms with Crippen molar-refractivity contribution < 1.29 is 20.1 Å². The second kappa shape index (κ2) is 9.44. The van der Waals surface area contributed by atoms with Crippen LogP contribution in [0.2, 0.25) is 0 Å². The topological polar surface area (TPSA) is 69.9 Å². The number of methoxy groups -OCH3 is 1. The van der Waals surface area contributed by atoms with Gasteiger partial charge in [0.15, 0.2) is 0 Å². The van der Waals surface area contributed by atoms with E-state index in [1.807, 2.05) is 13.8 Å². The van der Waals surface area contributed by atoms with Crippen molar-refractivity contribution >= 4 is 0 Å². The Hall–Kier alpha value is -1.58. The number of ether oxygens (including phenoxy) is 1. The van der Waals surface area contributed by atoms with Crippen LogP contribution in [0.5, 0.6) is 5.75 Å². The minimum Gasteiger partial charge on any atom is -0.508 e. The van der Waals surface area contributed by atoms with Crippen LogP contribution in [-0.2, 0) is 4.74 Å². The van der Waals surface area contributed by atoms with Crippen LogP contribution in [0.15, 0.2) is 41.6 Å². The van der Waals surface area contributed by atoms with Crippen molar-refractivity contribution in [2.45, 2.75) is 38.9 Å². The number of phenolic OH excluding ortho intramolecular Hbond substituents is 1. The lowest BCUT2D eigenvalue weighted by Crippen LogP contribution is -2.16. The minimum atomic E-state index is -0.785. The lowest BCUT2D eigenvalue weighted by atomic mass is 9.99. The summed E-state index contributed by atoms with van der Waals surface area (Å²) in [5.41, 5.74) is 4.44. The SMILES string of the molecule is COCC(=C=CC[C@@H](O)c1ccccc1O)C[C@@H](O)C(C)C. The Morgan fingerprint density at radius 2 is 1.95 bits per heavy atom. The largest absolute Gasteiger partial charge is 0.508 e. The van der Waals surface area contributed by atoms with Crippen LogP contribution in [0.1, 0.15) is 38.4 Å². The van der Waals surface area contributed by atoms with E-state index in [4.69, 9.17) is 4.74 Å². The molecule has 0 aliphatic carbocycles. The molecule has 0 aliphatic heterocycles. The number of aliphatic hydroxyl groups is 2. The minimum absolute atomic E-state index is 0.0831. The zero-order valence-electron chi connectivity index (χ0n) is 13.5. The van der Waals surface area contributed by atoms with Gasteiger partial charge in [-0.3, -0.25) is 0 Å². The van der Waals surface area contributed by atoms with Crippen molar-refractivity contribution in [3.05, 3.63) is 47.2 Å². The summed E-state index contributed by atoms with van der Waals surface area (Å²) in [7, 11) is 1.60. The van der Waals surface area contributed by atoms with Gasteiger partial charge in [-0.05, 0) is 23.6 Å². The van der Waals surface area contributed by atoms with Crippen LogP contribution < -0.4 is 0 Å². The maximum absolute atomic E-state index is 10.1. The third-order valence-electron chi connectivity index (χ3n) is 3.49. The van der Waals surface area contributed by atoms with Crippen LogP contribution in [0, 0.1) is 5.92 Å². The van der Waals surface area contributed by atoms with Gasteiger partial charge < -0.3 is 20.1 Å². The first-order valence-corrected chi connectivity index (χ1v) is 7.51. The van der Waals surface area contributed by atoms with Crippen molar-refractivity contribution in [3.8, 4) is 5.75 Å². The van der Waals surface area contributed by atoms with Crippen molar-refractivity contribution in [1.29, 1.82) is 0 Å². The van der Waals surface area contributed by atoms with Gasteiger partial charge in [-0.2, -0.15) is 0 Å². The van der Waals surface area contributed by atoms with E-state index in [1.165, 1.54) is 0 Å². The molecule has 4 heteroatoms. The van der Waals surface area contributed by atoms with Crippen LogP contribution in [-0.4, -0.2) is 35.1 Å². The normalized spacial score (nSPS) is 13.5. The van der Waals surface area contributed by atoms with Crippen LogP contribution in [0.4, 0.5) is 0 Å². The van der Waals surface area contributed by atoms with Crippen molar-refractivity contribution in [2.75, 3.05) is 13.7 Å². The lowest BCUT2D eigenvalue weighted by molar-refractivity contribution is 0.119. The Morgan fingerprint density at radius 3 is 2.55 bits per heavy atom. The third kappa shape index (κ3) is 6.04. The highest BCUT2D eigenvalue weighted by molar-refractivity contribution is 5.33. The molecule has 0 saturated carbocycles. The van der Waals surface area contributed by atoms with Crippen molar-refractivity contribution in [1.82, 2.24) is 0 Å². The molecule has 22 heavy (non-hydrogen) atoms. The second-order valence-electron chi connectivity index (χ2n) is 5.71. The van der Waals surface area contributed by atoms with Gasteiger partial charge in [0.1, 0.15) is 5.75 Å². The summed E-state index contributed by atoms with van der Waals surface area (Å²) in [4.78, 5) is 0. The summed E-state index contributed by atoms with van der Waals surface area (Å²) in [5.74, 6) is 0.250. The van der Waals surface area contributed by atoms with E-state index in [0.29, 0.717) is 25.0 Å². The highest BCUT2D eigenvalue weighted by Crippen LogP contribution is 2.25. The Kier molecular flexibility index (Phi) is 7.92. The molecule has 0 unspecified atom stereocenters. The fraction of sp³-hybridized carbons (Fsp3) is 0.500. The van der Waals surface area contributed by atoms with Gasteiger partial charge in [0.05, 0.1) is 18.8 Å². The van der Waals surface area contributed by atoms with E-state index < -0.39 is 12.2 Å². The van der Waals surface area contributed by atoms with Gasteiger partial charge in [0.25, 0.3) is 0 Å². The molecule has 0 amide bonds. The fourth-order valence-corrected chi connectivity index (χ4v) is 2.03. The highest BCUT2D eigenvalue weighted by atomic mass is 16.5. The number of rotatable bonds is 8. The maximum Gasteiger partial charge on any atom is 0.121 e. The van der Waals surface area contributed by atoms with Gasteiger partial charge in [-0.25, -0.2) is 0 Å². The van der Waals surface area contributed by atoms with Crippen molar-refractivity contribution in [3.63, 3.8) is 0 Å². The van der Waals surface area contributed by atoms with Crippen LogP contribution in [0.3, 0.4) is 0 Å². The summed E-state index contributed by atoms with van der Waals surface area (Å²) in [6, 6.07) is 6.72. The number of aliphatic hydroxyl groups excluding tert-OH is 2. The van der Waals surface area contributed by atoms with E-state index in [0.717, 1.165) is 5.57 Å². The van der Waals surface area contributed by atoms with E-state index in [9.17, 15) is 15.3 Å². The van der Waals surface area contributed by atoms with E-state index in [1.54, 1.807) is 37.5 Å². The first-order valence-electron chi connectivity index (χ1n) is 7.51. The average molecular weight is 306 g/mol. The molecule has 1 aromatic carbocycles. The van der Waals surface area contributed by atoms with Gasteiger partial charge >= 0.3 is 0 Å². The van der Waals surface area contributed by atoms with Crippen LogP contribution in [0.25, 0.3) is 0 Å². The molecule has 0 spiro atoms. The first-order chi connectivity index (χ1) is 10.5. The Bertz CT molecular complexity index is 516. The summed E-state index contributed by atoms with van der Waals surface area (Å²) in [6.07, 6.45) is 1.33. The molecule has 0 fully saturated rings. The molecule has 0 bridgehead atoms. The molecular weight excluding hydrogens is 280 g/mol. The number of hydrogen-bond acceptors (Lipinski definition) is 4. The molecule has 4 nitrogen and oxygen atoms in total. The highest BCUT2D eigenvalue weighted by Gasteiger charge is 2.12. The fourth-order valence-electron chi connectivity index (χ4n) is 2.03. The van der Waals surface area contributed by atoms with Gasteiger partial charge in [-0.1, -0.05) is 32.0 Å².